The third-order valence-electron chi connectivity index (χ3n) is 4.13. The maximum absolute atomic E-state index is 12.5. The average Bonchev–Trinajstić information content (AvgIpc) is 2.77. The lowest BCUT2D eigenvalue weighted by atomic mass is 10.1. The molecule has 2 aromatic carbocycles. The van der Waals surface area contributed by atoms with Gasteiger partial charge in [0.1, 0.15) is 11.5 Å². The highest BCUT2D eigenvalue weighted by atomic mass is 16.5. The molecule has 0 aliphatic carbocycles. The van der Waals surface area contributed by atoms with E-state index in [1.165, 1.54) is 6.08 Å². The predicted molar refractivity (Wildman–Crippen MR) is 107 cm³/mol. The van der Waals surface area contributed by atoms with E-state index < -0.39 is 12.1 Å². The first-order valence-corrected chi connectivity index (χ1v) is 8.78. The van der Waals surface area contributed by atoms with E-state index >= 15 is 0 Å². The molecule has 28 heavy (non-hydrogen) atoms. The van der Waals surface area contributed by atoms with Gasteiger partial charge >= 0.3 is 5.97 Å². The summed E-state index contributed by atoms with van der Waals surface area (Å²) in [7, 11) is 3.15. The van der Waals surface area contributed by atoms with Gasteiger partial charge in [-0.2, -0.15) is 0 Å². The highest BCUT2D eigenvalue weighted by Crippen LogP contribution is 2.27. The largest absolute Gasteiger partial charge is 0.497 e. The second kappa shape index (κ2) is 9.37. The van der Waals surface area contributed by atoms with Gasteiger partial charge in [-0.25, -0.2) is 4.79 Å². The van der Waals surface area contributed by atoms with Crippen molar-refractivity contribution in [1.82, 2.24) is 4.98 Å². The van der Waals surface area contributed by atoms with Crippen molar-refractivity contribution in [2.24, 2.45) is 0 Å². The van der Waals surface area contributed by atoms with Gasteiger partial charge in [-0.05, 0) is 35.9 Å². The molecule has 5 nitrogen and oxygen atoms in total. The number of rotatable bonds is 7. The van der Waals surface area contributed by atoms with Crippen LogP contribution < -0.4 is 9.47 Å². The topological polar surface area (TPSA) is 57.7 Å². The van der Waals surface area contributed by atoms with Crippen molar-refractivity contribution in [1.29, 1.82) is 0 Å². The Balaban J connectivity index is 1.80. The molecule has 0 bridgehead atoms. The molecule has 1 unspecified atom stereocenters. The lowest BCUT2D eigenvalue weighted by molar-refractivity contribution is -0.141. The Hall–Kier alpha value is -3.60. The fraction of sp³-hybridized carbons (Fsp3) is 0.130. The van der Waals surface area contributed by atoms with E-state index in [1.54, 1.807) is 38.6 Å². The first kappa shape index (κ1) is 19.2. The van der Waals surface area contributed by atoms with E-state index in [0.717, 1.165) is 11.1 Å². The summed E-state index contributed by atoms with van der Waals surface area (Å²) < 4.78 is 16.2. The van der Waals surface area contributed by atoms with Gasteiger partial charge in [0.15, 0.2) is 6.10 Å². The molecular weight excluding hydrogens is 354 g/mol. The molecule has 0 aliphatic heterocycles. The molecule has 142 valence electrons. The Morgan fingerprint density at radius 2 is 1.75 bits per heavy atom. The fourth-order valence-corrected chi connectivity index (χ4v) is 2.73. The highest BCUT2D eigenvalue weighted by Gasteiger charge is 2.19. The second-order valence-electron chi connectivity index (χ2n) is 5.92. The summed E-state index contributed by atoms with van der Waals surface area (Å²) in [4.78, 5) is 16.8. The molecule has 3 rings (SSSR count). The monoisotopic (exact) mass is 375 g/mol. The summed E-state index contributed by atoms with van der Waals surface area (Å²) in [5.41, 5.74) is 2.26. The van der Waals surface area contributed by atoms with Gasteiger partial charge in [-0.1, -0.05) is 36.4 Å². The maximum atomic E-state index is 12.5. The zero-order chi connectivity index (χ0) is 19.8. The molecule has 0 fully saturated rings. The number of esters is 1. The Morgan fingerprint density at radius 3 is 2.43 bits per heavy atom. The number of nitrogens with zero attached hydrogens (tertiary/aromatic N) is 1. The van der Waals surface area contributed by atoms with Crippen LogP contribution in [0.4, 0.5) is 0 Å². The molecule has 0 aliphatic rings. The molecule has 0 saturated carbocycles. The minimum atomic E-state index is -0.586. The van der Waals surface area contributed by atoms with Crippen LogP contribution in [0.25, 0.3) is 6.08 Å². The molecule has 5 heteroatoms. The lowest BCUT2D eigenvalue weighted by Crippen LogP contribution is -2.12. The summed E-state index contributed by atoms with van der Waals surface area (Å²) >= 11 is 0. The molecular formula is C23H21NO4. The molecule has 1 heterocycles. The number of benzene rings is 2. The fourth-order valence-electron chi connectivity index (χ4n) is 2.73. The molecule has 0 N–H and O–H groups in total. The summed E-state index contributed by atoms with van der Waals surface area (Å²) in [5.74, 6) is 0.806. The van der Waals surface area contributed by atoms with Crippen LogP contribution >= 0.6 is 0 Å². The van der Waals surface area contributed by atoms with Crippen LogP contribution in [0, 0.1) is 0 Å². The van der Waals surface area contributed by atoms with Gasteiger partial charge in [0.05, 0.1) is 19.9 Å². The SMILES string of the molecule is COc1ccc(/C=C/C(=O)OC(c2ccccc2)c2ccccn2)c(OC)c1. The standard InChI is InChI=1S/C23H21NO4/c1-26-19-13-11-17(21(16-19)27-2)12-14-22(25)28-23(18-8-4-3-5-9-18)20-10-6-7-15-24-20/h3-16,23H,1-2H3/b14-12+. The minimum Gasteiger partial charge on any atom is -0.497 e. The number of carbonyl (C=O) groups is 1. The van der Waals surface area contributed by atoms with Gasteiger partial charge in [0.2, 0.25) is 0 Å². The maximum Gasteiger partial charge on any atom is 0.331 e. The van der Waals surface area contributed by atoms with E-state index in [0.29, 0.717) is 17.2 Å². The number of aromatic nitrogens is 1. The average molecular weight is 375 g/mol. The van der Waals surface area contributed by atoms with E-state index in [2.05, 4.69) is 4.98 Å². The van der Waals surface area contributed by atoms with Crippen LogP contribution in [0.5, 0.6) is 11.5 Å². The van der Waals surface area contributed by atoms with Crippen LogP contribution in [0.2, 0.25) is 0 Å². The molecule has 0 amide bonds. The molecule has 1 atom stereocenters. The summed E-state index contributed by atoms with van der Waals surface area (Å²) in [6.45, 7) is 0. The molecule has 3 aromatic rings. The normalized spacial score (nSPS) is 11.8. The molecule has 0 radical (unpaired) electrons. The van der Waals surface area contributed by atoms with Gasteiger partial charge in [0.25, 0.3) is 0 Å². The van der Waals surface area contributed by atoms with Gasteiger partial charge in [-0.3, -0.25) is 4.98 Å². The van der Waals surface area contributed by atoms with E-state index in [1.807, 2.05) is 54.6 Å². The van der Waals surface area contributed by atoms with Crippen molar-refractivity contribution in [3.05, 3.63) is 95.8 Å². The van der Waals surface area contributed by atoms with E-state index in [4.69, 9.17) is 14.2 Å². The smallest absolute Gasteiger partial charge is 0.331 e. The van der Waals surface area contributed by atoms with E-state index in [-0.39, 0.29) is 0 Å². The zero-order valence-corrected chi connectivity index (χ0v) is 15.7. The number of ether oxygens (including phenoxy) is 3. The Kier molecular flexibility index (Phi) is 6.41. The van der Waals surface area contributed by atoms with Crippen LogP contribution in [-0.4, -0.2) is 25.2 Å². The van der Waals surface area contributed by atoms with E-state index in [9.17, 15) is 4.79 Å². The van der Waals surface area contributed by atoms with Crippen LogP contribution in [-0.2, 0) is 9.53 Å². The number of carbonyl (C=O) groups excluding carboxylic acids is 1. The molecule has 0 spiro atoms. The quantitative estimate of drug-likeness (QED) is 0.451. The third-order valence-corrected chi connectivity index (χ3v) is 4.13. The van der Waals surface area contributed by atoms with Crippen molar-refractivity contribution < 1.29 is 19.0 Å². The first-order valence-electron chi connectivity index (χ1n) is 8.78. The number of hydrogen-bond donors (Lipinski definition) is 0. The third kappa shape index (κ3) is 4.76. The highest BCUT2D eigenvalue weighted by molar-refractivity contribution is 5.88. The van der Waals surface area contributed by atoms with Crippen LogP contribution in [0.15, 0.2) is 79.0 Å². The second-order valence-corrected chi connectivity index (χ2v) is 5.92. The zero-order valence-electron chi connectivity index (χ0n) is 15.7. The van der Waals surface area contributed by atoms with Gasteiger partial charge in [-0.15, -0.1) is 0 Å². The predicted octanol–water partition coefficient (Wildman–Crippen LogP) is 4.44. The van der Waals surface area contributed by atoms with Gasteiger partial charge in [0, 0.05) is 23.9 Å². The lowest BCUT2D eigenvalue weighted by Gasteiger charge is -2.17. The van der Waals surface area contributed by atoms with Crippen molar-refractivity contribution in [2.75, 3.05) is 14.2 Å². The molecule has 1 aromatic heterocycles. The summed E-state index contributed by atoms with van der Waals surface area (Å²) in [5, 5.41) is 0. The minimum absolute atomic E-state index is 0.475. The summed E-state index contributed by atoms with van der Waals surface area (Å²) in [6, 6.07) is 20.4. The number of pyridine rings is 1. The molecule has 0 saturated heterocycles. The van der Waals surface area contributed by atoms with Crippen molar-refractivity contribution in [3.8, 4) is 11.5 Å². The number of hydrogen-bond acceptors (Lipinski definition) is 5. The number of methoxy groups -OCH3 is 2. The first-order chi connectivity index (χ1) is 13.7. The Bertz CT molecular complexity index is 900. The van der Waals surface area contributed by atoms with Crippen molar-refractivity contribution in [3.63, 3.8) is 0 Å². The van der Waals surface area contributed by atoms with Crippen molar-refractivity contribution >= 4 is 12.0 Å². The summed E-state index contributed by atoms with van der Waals surface area (Å²) in [6.07, 6.45) is 4.12. The van der Waals surface area contributed by atoms with Crippen molar-refractivity contribution in [2.45, 2.75) is 6.10 Å². The van der Waals surface area contributed by atoms with Crippen LogP contribution in [0.3, 0.4) is 0 Å². The Labute approximate surface area is 164 Å². The van der Waals surface area contributed by atoms with Gasteiger partial charge < -0.3 is 14.2 Å². The Morgan fingerprint density at radius 1 is 0.964 bits per heavy atom. The van der Waals surface area contributed by atoms with Crippen LogP contribution in [0.1, 0.15) is 22.9 Å².